The molecule has 4 nitrogen and oxygen atoms in total. The smallest absolute Gasteiger partial charge is 0.334 e. The quantitative estimate of drug-likeness (QED) is 0.726. The fourth-order valence-electron chi connectivity index (χ4n) is 2.18. The Balaban J connectivity index is 2.39. The van der Waals surface area contributed by atoms with E-state index in [9.17, 15) is 4.79 Å². The number of rotatable bonds is 5. The van der Waals surface area contributed by atoms with Gasteiger partial charge in [0.2, 0.25) is 0 Å². The van der Waals surface area contributed by atoms with Crippen molar-refractivity contribution in [2.24, 2.45) is 11.7 Å². The largest absolute Gasteiger partial charge is 0.479 e. The first kappa shape index (κ1) is 12.5. The van der Waals surface area contributed by atoms with E-state index in [-0.39, 0.29) is 12.6 Å². The molecule has 3 unspecified atom stereocenters. The Morgan fingerprint density at radius 2 is 2.33 bits per heavy atom. The second kappa shape index (κ2) is 6.08. The van der Waals surface area contributed by atoms with Crippen LogP contribution in [0.2, 0.25) is 0 Å². The molecular formula is C11H21NO3. The third-order valence-corrected chi connectivity index (χ3v) is 3.16. The van der Waals surface area contributed by atoms with Gasteiger partial charge in [-0.15, -0.1) is 0 Å². The van der Waals surface area contributed by atoms with Crippen molar-refractivity contribution in [1.29, 1.82) is 0 Å². The van der Waals surface area contributed by atoms with E-state index in [1.165, 1.54) is 6.42 Å². The number of nitrogens with two attached hydrogens (primary N) is 1. The molecule has 1 aliphatic carbocycles. The second-order valence-electron chi connectivity index (χ2n) is 4.26. The molecule has 0 aromatic carbocycles. The summed E-state index contributed by atoms with van der Waals surface area (Å²) in [6.07, 6.45) is 4.76. The fourth-order valence-corrected chi connectivity index (χ4v) is 2.18. The lowest BCUT2D eigenvalue weighted by Gasteiger charge is -2.30. The van der Waals surface area contributed by atoms with Crippen LogP contribution in [0, 0.1) is 5.92 Å². The van der Waals surface area contributed by atoms with Crippen LogP contribution < -0.4 is 5.73 Å². The average Bonchev–Trinajstić information content (AvgIpc) is 2.25. The molecule has 0 radical (unpaired) electrons. The van der Waals surface area contributed by atoms with Crippen LogP contribution in [0.4, 0.5) is 0 Å². The van der Waals surface area contributed by atoms with Crippen molar-refractivity contribution in [3.8, 4) is 0 Å². The average molecular weight is 215 g/mol. The first-order valence-electron chi connectivity index (χ1n) is 5.75. The summed E-state index contributed by atoms with van der Waals surface area (Å²) in [6.45, 7) is 2.23. The van der Waals surface area contributed by atoms with Gasteiger partial charge in [0, 0.05) is 6.54 Å². The summed E-state index contributed by atoms with van der Waals surface area (Å²) in [7, 11) is 0. The molecule has 88 valence electrons. The number of carboxylic acids is 1. The molecule has 0 saturated heterocycles. The molecule has 1 rings (SSSR count). The lowest BCUT2D eigenvalue weighted by Crippen LogP contribution is -2.37. The zero-order valence-electron chi connectivity index (χ0n) is 9.32. The summed E-state index contributed by atoms with van der Waals surface area (Å²) in [5.74, 6) is -0.257. The molecule has 0 bridgehead atoms. The Morgan fingerprint density at radius 3 is 2.87 bits per heavy atom. The van der Waals surface area contributed by atoms with Gasteiger partial charge in [0.05, 0.1) is 6.10 Å². The van der Waals surface area contributed by atoms with Crippen molar-refractivity contribution in [1.82, 2.24) is 0 Å². The van der Waals surface area contributed by atoms with Crippen LogP contribution in [0.15, 0.2) is 0 Å². The minimum Gasteiger partial charge on any atom is -0.479 e. The van der Waals surface area contributed by atoms with Gasteiger partial charge in [-0.05, 0) is 18.8 Å². The van der Waals surface area contributed by atoms with Crippen LogP contribution in [0.5, 0.6) is 0 Å². The standard InChI is InChI=1S/C11H21NO3/c1-2-8-4-3-5-9(6-8)15-10(7-12)11(13)14/h8-10H,2-7,12H2,1H3,(H,13,14). The highest BCUT2D eigenvalue weighted by atomic mass is 16.5. The molecule has 3 N–H and O–H groups in total. The van der Waals surface area contributed by atoms with Crippen molar-refractivity contribution >= 4 is 5.97 Å². The Kier molecular flexibility index (Phi) is 5.05. The number of carbonyl (C=O) groups is 1. The maximum absolute atomic E-state index is 10.8. The van der Waals surface area contributed by atoms with Gasteiger partial charge < -0.3 is 15.6 Å². The Bertz CT molecular complexity index is 208. The van der Waals surface area contributed by atoms with Crippen molar-refractivity contribution in [2.75, 3.05) is 6.54 Å². The molecule has 15 heavy (non-hydrogen) atoms. The number of hydrogen-bond acceptors (Lipinski definition) is 3. The van der Waals surface area contributed by atoms with Crippen molar-refractivity contribution in [3.63, 3.8) is 0 Å². The monoisotopic (exact) mass is 215 g/mol. The normalized spacial score (nSPS) is 28.7. The topological polar surface area (TPSA) is 72.5 Å². The molecule has 1 fully saturated rings. The molecular weight excluding hydrogens is 194 g/mol. The Hall–Kier alpha value is -0.610. The van der Waals surface area contributed by atoms with Crippen LogP contribution >= 0.6 is 0 Å². The van der Waals surface area contributed by atoms with Crippen molar-refractivity contribution in [2.45, 2.75) is 51.2 Å². The molecule has 1 aliphatic rings. The zero-order chi connectivity index (χ0) is 11.3. The van der Waals surface area contributed by atoms with Crippen LogP contribution in [0.3, 0.4) is 0 Å². The molecule has 0 spiro atoms. The maximum atomic E-state index is 10.8. The highest BCUT2D eigenvalue weighted by Crippen LogP contribution is 2.28. The third-order valence-electron chi connectivity index (χ3n) is 3.16. The van der Waals surface area contributed by atoms with E-state index < -0.39 is 12.1 Å². The van der Waals surface area contributed by atoms with Crippen molar-refractivity contribution in [3.05, 3.63) is 0 Å². The minimum atomic E-state index is -0.948. The summed E-state index contributed by atoms with van der Waals surface area (Å²) in [5.41, 5.74) is 5.35. The summed E-state index contributed by atoms with van der Waals surface area (Å²) in [4.78, 5) is 10.8. The van der Waals surface area contributed by atoms with E-state index in [1.54, 1.807) is 0 Å². The summed E-state index contributed by atoms with van der Waals surface area (Å²) in [6, 6.07) is 0. The van der Waals surface area contributed by atoms with E-state index in [4.69, 9.17) is 15.6 Å². The lowest BCUT2D eigenvalue weighted by atomic mass is 9.85. The van der Waals surface area contributed by atoms with Gasteiger partial charge in [-0.3, -0.25) is 0 Å². The number of hydrogen-bond donors (Lipinski definition) is 2. The molecule has 0 heterocycles. The molecule has 0 amide bonds. The third kappa shape index (κ3) is 3.80. The molecule has 0 aromatic heterocycles. The maximum Gasteiger partial charge on any atom is 0.334 e. The van der Waals surface area contributed by atoms with Crippen molar-refractivity contribution < 1.29 is 14.6 Å². The first-order chi connectivity index (χ1) is 7.17. The van der Waals surface area contributed by atoms with Gasteiger partial charge >= 0.3 is 5.97 Å². The van der Waals surface area contributed by atoms with Gasteiger partial charge in [-0.25, -0.2) is 4.79 Å². The first-order valence-corrected chi connectivity index (χ1v) is 5.75. The minimum absolute atomic E-state index is 0.0582. The molecule has 0 aromatic rings. The van der Waals surface area contributed by atoms with E-state index in [2.05, 4.69) is 6.92 Å². The van der Waals surface area contributed by atoms with E-state index >= 15 is 0 Å². The molecule has 1 saturated carbocycles. The van der Waals surface area contributed by atoms with Gasteiger partial charge in [0.15, 0.2) is 6.10 Å². The van der Waals surface area contributed by atoms with Crippen LogP contribution in [0.1, 0.15) is 39.0 Å². The van der Waals surface area contributed by atoms with Crippen LogP contribution in [-0.4, -0.2) is 29.8 Å². The van der Waals surface area contributed by atoms with Crippen LogP contribution in [0.25, 0.3) is 0 Å². The highest BCUT2D eigenvalue weighted by Gasteiger charge is 2.26. The van der Waals surface area contributed by atoms with Gasteiger partial charge in [0.25, 0.3) is 0 Å². The SMILES string of the molecule is CCC1CCCC(OC(CN)C(=O)O)C1. The number of ether oxygens (including phenoxy) is 1. The predicted molar refractivity (Wildman–Crippen MR) is 57.6 cm³/mol. The van der Waals surface area contributed by atoms with Gasteiger partial charge in [-0.2, -0.15) is 0 Å². The molecule has 3 atom stereocenters. The Morgan fingerprint density at radius 1 is 1.60 bits per heavy atom. The number of carboxylic acid groups (broad SMARTS) is 1. The van der Waals surface area contributed by atoms with Gasteiger partial charge in [-0.1, -0.05) is 26.2 Å². The zero-order valence-corrected chi connectivity index (χ0v) is 9.32. The number of aliphatic carboxylic acids is 1. The summed E-state index contributed by atoms with van der Waals surface area (Å²) in [5, 5.41) is 8.82. The fraction of sp³-hybridized carbons (Fsp3) is 0.909. The molecule has 4 heteroatoms. The lowest BCUT2D eigenvalue weighted by molar-refractivity contribution is -0.155. The van der Waals surface area contributed by atoms with E-state index in [0.29, 0.717) is 5.92 Å². The van der Waals surface area contributed by atoms with Crippen LogP contribution in [-0.2, 0) is 9.53 Å². The predicted octanol–water partition coefficient (Wildman–Crippen LogP) is 1.38. The summed E-state index contributed by atoms with van der Waals surface area (Å²) < 4.78 is 5.51. The summed E-state index contributed by atoms with van der Waals surface area (Å²) >= 11 is 0. The van der Waals surface area contributed by atoms with E-state index in [0.717, 1.165) is 25.7 Å². The Labute approximate surface area is 90.8 Å². The van der Waals surface area contributed by atoms with E-state index in [1.807, 2.05) is 0 Å². The molecule has 0 aliphatic heterocycles. The highest BCUT2D eigenvalue weighted by molar-refractivity contribution is 5.72. The van der Waals surface area contributed by atoms with Gasteiger partial charge in [0.1, 0.15) is 0 Å². The second-order valence-corrected chi connectivity index (χ2v) is 4.26.